The predicted molar refractivity (Wildman–Crippen MR) is 114 cm³/mol. The summed E-state index contributed by atoms with van der Waals surface area (Å²) in [5, 5.41) is 22.2. The lowest BCUT2D eigenvalue weighted by molar-refractivity contribution is -0.118. The normalized spacial score (nSPS) is 20.9. The Morgan fingerprint density at radius 2 is 2.16 bits per heavy atom. The van der Waals surface area contributed by atoms with Crippen molar-refractivity contribution in [1.82, 2.24) is 15.5 Å². The number of anilines is 1. The number of ether oxygens (including phenoxy) is 2. The van der Waals surface area contributed by atoms with Crippen LogP contribution in [0.1, 0.15) is 61.0 Å². The first-order chi connectivity index (χ1) is 15.3. The second-order valence-corrected chi connectivity index (χ2v) is 8.58. The van der Waals surface area contributed by atoms with Gasteiger partial charge in [0.1, 0.15) is 17.6 Å². The Morgan fingerprint density at radius 1 is 1.34 bits per heavy atom. The van der Waals surface area contributed by atoms with E-state index < -0.39 is 5.91 Å². The van der Waals surface area contributed by atoms with E-state index in [1.54, 1.807) is 6.07 Å². The lowest BCUT2D eigenvalue weighted by Crippen LogP contribution is -2.36. The molecular weight excluding hydrogens is 416 g/mol. The third-order valence-electron chi connectivity index (χ3n) is 5.89. The van der Waals surface area contributed by atoms with Crippen molar-refractivity contribution >= 4 is 24.1 Å². The minimum atomic E-state index is -0.457. The number of aromatic hydroxyl groups is 1. The van der Waals surface area contributed by atoms with E-state index in [1.165, 1.54) is 18.2 Å². The van der Waals surface area contributed by atoms with Crippen molar-refractivity contribution < 1.29 is 29.0 Å². The van der Waals surface area contributed by atoms with E-state index in [9.17, 15) is 19.5 Å². The van der Waals surface area contributed by atoms with E-state index in [1.807, 2.05) is 6.92 Å². The molecule has 2 aromatic rings. The molecule has 4 rings (SSSR count). The van der Waals surface area contributed by atoms with Crippen LogP contribution in [0.2, 0.25) is 0 Å². The molecular formula is C22H26N4O6. The van der Waals surface area contributed by atoms with E-state index >= 15 is 0 Å². The van der Waals surface area contributed by atoms with Gasteiger partial charge in [0.25, 0.3) is 5.91 Å². The van der Waals surface area contributed by atoms with E-state index in [0.29, 0.717) is 18.5 Å². The third kappa shape index (κ3) is 5.19. The molecule has 2 aliphatic rings. The van der Waals surface area contributed by atoms with Crippen molar-refractivity contribution in [2.75, 3.05) is 11.9 Å². The molecule has 1 aromatic heterocycles. The SMILES string of the molecule is CC1(NC(=O)OC2CCC(c3cc(NC(=O)COc4cccc(O)c4C=O)n[nH]3)C2)CC1. The average molecular weight is 442 g/mol. The van der Waals surface area contributed by atoms with Crippen LogP contribution in [-0.4, -0.2) is 51.8 Å². The van der Waals surface area contributed by atoms with Crippen LogP contribution in [-0.2, 0) is 9.53 Å². The van der Waals surface area contributed by atoms with Crippen LogP contribution in [0.25, 0.3) is 0 Å². The predicted octanol–water partition coefficient (Wildman–Crippen LogP) is 2.86. The van der Waals surface area contributed by atoms with Gasteiger partial charge in [0.15, 0.2) is 18.7 Å². The number of aldehydes is 1. The molecule has 0 radical (unpaired) electrons. The Labute approximate surface area is 184 Å². The van der Waals surface area contributed by atoms with Crippen LogP contribution in [0.5, 0.6) is 11.5 Å². The smallest absolute Gasteiger partial charge is 0.407 e. The minimum absolute atomic E-state index is 0.0136. The number of alkyl carbamates (subject to hydrolysis) is 1. The van der Waals surface area contributed by atoms with Crippen LogP contribution in [0.3, 0.4) is 0 Å². The molecule has 2 unspecified atom stereocenters. The van der Waals surface area contributed by atoms with Gasteiger partial charge in [-0.05, 0) is 51.2 Å². The van der Waals surface area contributed by atoms with Crippen molar-refractivity contribution in [2.45, 2.75) is 56.6 Å². The van der Waals surface area contributed by atoms with Crippen molar-refractivity contribution in [3.8, 4) is 11.5 Å². The second kappa shape index (κ2) is 8.89. The zero-order valence-electron chi connectivity index (χ0n) is 17.7. The second-order valence-electron chi connectivity index (χ2n) is 8.58. The van der Waals surface area contributed by atoms with Gasteiger partial charge >= 0.3 is 6.09 Å². The quantitative estimate of drug-likeness (QED) is 0.460. The number of hydrogen-bond acceptors (Lipinski definition) is 7. The molecule has 1 aromatic carbocycles. The molecule has 2 amide bonds. The van der Waals surface area contributed by atoms with Gasteiger partial charge in [-0.3, -0.25) is 14.7 Å². The Bertz CT molecular complexity index is 1020. The number of phenolic OH excluding ortho intramolecular Hbond substituents is 1. The highest BCUT2D eigenvalue weighted by Gasteiger charge is 2.40. The van der Waals surface area contributed by atoms with Gasteiger partial charge in [-0.2, -0.15) is 5.10 Å². The van der Waals surface area contributed by atoms with Crippen molar-refractivity contribution in [1.29, 1.82) is 0 Å². The summed E-state index contributed by atoms with van der Waals surface area (Å²) in [5.41, 5.74) is 0.740. The monoisotopic (exact) mass is 442 g/mol. The number of aromatic nitrogens is 2. The summed E-state index contributed by atoms with van der Waals surface area (Å²) in [5.74, 6) is -0.0475. The summed E-state index contributed by atoms with van der Waals surface area (Å²) in [6, 6.07) is 6.12. The summed E-state index contributed by atoms with van der Waals surface area (Å²) in [7, 11) is 0. The molecule has 170 valence electrons. The van der Waals surface area contributed by atoms with Crippen molar-refractivity contribution in [3.63, 3.8) is 0 Å². The number of amides is 2. The molecule has 2 saturated carbocycles. The van der Waals surface area contributed by atoms with Crippen molar-refractivity contribution in [3.05, 3.63) is 35.5 Å². The topological polar surface area (TPSA) is 143 Å². The Morgan fingerprint density at radius 3 is 2.91 bits per heavy atom. The highest BCUT2D eigenvalue weighted by Crippen LogP contribution is 2.37. The fourth-order valence-corrected chi connectivity index (χ4v) is 3.78. The van der Waals surface area contributed by atoms with Gasteiger partial charge in [-0.15, -0.1) is 0 Å². The van der Waals surface area contributed by atoms with Gasteiger partial charge in [-0.25, -0.2) is 4.79 Å². The lowest BCUT2D eigenvalue weighted by atomic mass is 10.0. The number of benzene rings is 1. The Kier molecular flexibility index (Phi) is 6.02. The van der Waals surface area contributed by atoms with Gasteiger partial charge in [0.2, 0.25) is 0 Å². The van der Waals surface area contributed by atoms with Crippen LogP contribution in [0, 0.1) is 0 Å². The number of nitrogens with zero attached hydrogens (tertiary/aromatic N) is 1. The number of phenols is 1. The molecule has 10 heteroatoms. The minimum Gasteiger partial charge on any atom is -0.507 e. The molecule has 0 saturated heterocycles. The summed E-state index contributed by atoms with van der Waals surface area (Å²) in [6.45, 7) is 1.65. The molecule has 0 spiro atoms. The van der Waals surface area contributed by atoms with E-state index in [4.69, 9.17) is 9.47 Å². The summed E-state index contributed by atoms with van der Waals surface area (Å²) in [6.07, 6.45) is 4.23. The number of H-pyrrole nitrogens is 1. The molecule has 0 bridgehead atoms. The number of carbonyl (C=O) groups excluding carboxylic acids is 3. The van der Waals surface area contributed by atoms with Gasteiger partial charge in [-0.1, -0.05) is 6.07 Å². The number of hydrogen-bond donors (Lipinski definition) is 4. The standard InChI is InChI=1S/C22H26N4O6/c1-22(7-8-22)24-21(30)32-14-6-5-13(9-14)16-10-19(26-25-16)23-20(29)12-31-18-4-2-3-17(28)15(18)11-27/h2-4,10-11,13-14,28H,5-9,12H2,1H3,(H,24,30)(H2,23,25,26,29). The first-order valence-electron chi connectivity index (χ1n) is 10.6. The number of aromatic amines is 1. The number of nitrogens with one attached hydrogen (secondary N) is 3. The Balaban J connectivity index is 1.25. The first kappa shape index (κ1) is 21.7. The number of rotatable bonds is 8. The van der Waals surface area contributed by atoms with Gasteiger partial charge in [0, 0.05) is 23.2 Å². The fourth-order valence-electron chi connectivity index (χ4n) is 3.78. The lowest BCUT2D eigenvalue weighted by Gasteiger charge is -2.16. The van der Waals surface area contributed by atoms with E-state index in [0.717, 1.165) is 31.4 Å². The maximum absolute atomic E-state index is 12.2. The number of carbonyl (C=O) groups is 3. The molecule has 4 N–H and O–H groups in total. The molecule has 0 aliphatic heterocycles. The molecule has 2 fully saturated rings. The third-order valence-corrected chi connectivity index (χ3v) is 5.89. The zero-order valence-corrected chi connectivity index (χ0v) is 17.7. The molecule has 2 atom stereocenters. The van der Waals surface area contributed by atoms with Crippen LogP contribution < -0.4 is 15.4 Å². The average Bonchev–Trinajstić information content (AvgIpc) is 3.13. The molecule has 32 heavy (non-hydrogen) atoms. The Hall–Kier alpha value is -3.56. The fraction of sp³-hybridized carbons (Fsp3) is 0.455. The van der Waals surface area contributed by atoms with Crippen LogP contribution in [0.15, 0.2) is 24.3 Å². The van der Waals surface area contributed by atoms with E-state index in [2.05, 4.69) is 20.8 Å². The van der Waals surface area contributed by atoms with E-state index in [-0.39, 0.29) is 47.3 Å². The molecule has 1 heterocycles. The highest BCUT2D eigenvalue weighted by molar-refractivity contribution is 5.91. The maximum atomic E-state index is 12.2. The maximum Gasteiger partial charge on any atom is 0.407 e. The summed E-state index contributed by atoms with van der Waals surface area (Å²) in [4.78, 5) is 35.3. The first-order valence-corrected chi connectivity index (χ1v) is 10.6. The van der Waals surface area contributed by atoms with Crippen LogP contribution >= 0.6 is 0 Å². The highest BCUT2D eigenvalue weighted by atomic mass is 16.6. The molecule has 10 nitrogen and oxygen atoms in total. The van der Waals surface area contributed by atoms with Gasteiger partial charge < -0.3 is 25.2 Å². The zero-order chi connectivity index (χ0) is 22.7. The largest absolute Gasteiger partial charge is 0.507 e. The van der Waals surface area contributed by atoms with Crippen LogP contribution in [0.4, 0.5) is 10.6 Å². The molecule has 2 aliphatic carbocycles. The van der Waals surface area contributed by atoms with Crippen molar-refractivity contribution in [2.24, 2.45) is 0 Å². The summed E-state index contributed by atoms with van der Waals surface area (Å²) < 4.78 is 10.9. The van der Waals surface area contributed by atoms with Gasteiger partial charge in [0.05, 0.1) is 5.56 Å². The summed E-state index contributed by atoms with van der Waals surface area (Å²) >= 11 is 0.